The van der Waals surface area contributed by atoms with Gasteiger partial charge in [-0.25, -0.2) is 4.98 Å². The monoisotopic (exact) mass is 211 g/mol. The molecule has 15 heavy (non-hydrogen) atoms. The van der Waals surface area contributed by atoms with Crippen molar-refractivity contribution in [2.45, 2.75) is 32.9 Å². The lowest BCUT2D eigenvalue weighted by molar-refractivity contribution is 0.163. The average Bonchev–Trinajstić information content (AvgIpc) is 2.66. The lowest BCUT2D eigenvalue weighted by atomic mass is 10.3. The van der Waals surface area contributed by atoms with Crippen molar-refractivity contribution in [1.82, 2.24) is 14.9 Å². The average molecular weight is 211 g/mol. The topological polar surface area (TPSA) is 39.1 Å². The van der Waals surface area contributed by atoms with Gasteiger partial charge in [0.15, 0.2) is 0 Å². The standard InChI is InChI=1S/C11H21N3O/c1-4-7-14-8-6-13-11(14)10(9-15-3)12-5-2/h6,8,10,12H,4-5,7,9H2,1-3H3. The minimum absolute atomic E-state index is 0.196. The van der Waals surface area contributed by atoms with Gasteiger partial charge in [-0.3, -0.25) is 0 Å². The molecule has 0 fully saturated rings. The van der Waals surface area contributed by atoms with Gasteiger partial charge in [0.25, 0.3) is 0 Å². The van der Waals surface area contributed by atoms with Crippen molar-refractivity contribution in [3.8, 4) is 0 Å². The van der Waals surface area contributed by atoms with Crippen LogP contribution in [-0.4, -0.2) is 29.8 Å². The van der Waals surface area contributed by atoms with E-state index in [9.17, 15) is 0 Å². The SMILES string of the molecule is CCCn1ccnc1C(COC)NCC. The van der Waals surface area contributed by atoms with Crippen molar-refractivity contribution in [1.29, 1.82) is 0 Å². The van der Waals surface area contributed by atoms with Crippen molar-refractivity contribution < 1.29 is 4.74 Å². The molecule has 4 nitrogen and oxygen atoms in total. The molecule has 0 aliphatic carbocycles. The molecule has 1 N–H and O–H groups in total. The molecule has 1 rings (SSSR count). The summed E-state index contributed by atoms with van der Waals surface area (Å²) in [4.78, 5) is 4.39. The molecule has 0 amide bonds. The maximum atomic E-state index is 5.20. The van der Waals surface area contributed by atoms with Gasteiger partial charge in [0.1, 0.15) is 5.82 Å². The predicted molar refractivity (Wildman–Crippen MR) is 60.8 cm³/mol. The second-order valence-corrected chi connectivity index (χ2v) is 3.54. The number of methoxy groups -OCH3 is 1. The van der Waals surface area contributed by atoms with E-state index in [-0.39, 0.29) is 6.04 Å². The van der Waals surface area contributed by atoms with Crippen molar-refractivity contribution in [2.24, 2.45) is 0 Å². The first-order valence-corrected chi connectivity index (χ1v) is 5.56. The van der Waals surface area contributed by atoms with Gasteiger partial charge in [0, 0.05) is 26.0 Å². The Hall–Kier alpha value is -0.870. The zero-order valence-corrected chi connectivity index (χ0v) is 9.86. The van der Waals surface area contributed by atoms with Crippen LogP contribution in [0, 0.1) is 0 Å². The van der Waals surface area contributed by atoms with E-state index in [2.05, 4.69) is 28.7 Å². The van der Waals surface area contributed by atoms with Crippen LogP contribution in [0.25, 0.3) is 0 Å². The van der Waals surface area contributed by atoms with Crippen LogP contribution in [0.1, 0.15) is 32.1 Å². The number of rotatable bonds is 7. The number of hydrogen-bond acceptors (Lipinski definition) is 3. The Morgan fingerprint density at radius 2 is 2.33 bits per heavy atom. The van der Waals surface area contributed by atoms with E-state index in [0.29, 0.717) is 6.61 Å². The van der Waals surface area contributed by atoms with Crippen molar-refractivity contribution in [3.05, 3.63) is 18.2 Å². The molecule has 0 aromatic carbocycles. The largest absolute Gasteiger partial charge is 0.383 e. The normalized spacial score (nSPS) is 13.0. The first-order chi connectivity index (χ1) is 7.33. The highest BCUT2D eigenvalue weighted by molar-refractivity contribution is 4.99. The number of nitrogens with one attached hydrogen (secondary N) is 1. The first kappa shape index (κ1) is 12.2. The van der Waals surface area contributed by atoms with Crippen LogP contribution in [-0.2, 0) is 11.3 Å². The fraction of sp³-hybridized carbons (Fsp3) is 0.727. The lowest BCUT2D eigenvalue weighted by Gasteiger charge is -2.17. The van der Waals surface area contributed by atoms with Crippen LogP contribution in [0.4, 0.5) is 0 Å². The maximum Gasteiger partial charge on any atom is 0.128 e. The molecule has 0 saturated carbocycles. The number of likely N-dealkylation sites (N-methyl/N-ethyl adjacent to an activating group) is 1. The number of aryl methyl sites for hydroxylation is 1. The molecule has 0 bridgehead atoms. The van der Waals surface area contributed by atoms with Crippen LogP contribution in [0.2, 0.25) is 0 Å². The molecule has 86 valence electrons. The summed E-state index contributed by atoms with van der Waals surface area (Å²) < 4.78 is 7.38. The van der Waals surface area contributed by atoms with Gasteiger partial charge in [-0.2, -0.15) is 0 Å². The van der Waals surface area contributed by atoms with E-state index in [1.807, 2.05) is 12.4 Å². The Labute approximate surface area is 91.7 Å². The summed E-state index contributed by atoms with van der Waals surface area (Å²) in [5.41, 5.74) is 0. The number of hydrogen-bond donors (Lipinski definition) is 1. The molecule has 1 unspecified atom stereocenters. The fourth-order valence-electron chi connectivity index (χ4n) is 1.70. The van der Waals surface area contributed by atoms with Crippen LogP contribution < -0.4 is 5.32 Å². The molecule has 0 aliphatic rings. The van der Waals surface area contributed by atoms with Gasteiger partial charge in [-0.15, -0.1) is 0 Å². The summed E-state index contributed by atoms with van der Waals surface area (Å²) in [6.45, 7) is 6.86. The van der Waals surface area contributed by atoms with Crippen LogP contribution in [0.5, 0.6) is 0 Å². The van der Waals surface area contributed by atoms with Gasteiger partial charge in [-0.1, -0.05) is 13.8 Å². The minimum Gasteiger partial charge on any atom is -0.383 e. The Morgan fingerprint density at radius 3 is 2.93 bits per heavy atom. The smallest absolute Gasteiger partial charge is 0.128 e. The van der Waals surface area contributed by atoms with Gasteiger partial charge in [0.05, 0.1) is 12.6 Å². The van der Waals surface area contributed by atoms with E-state index in [1.54, 1.807) is 7.11 Å². The van der Waals surface area contributed by atoms with E-state index in [4.69, 9.17) is 4.74 Å². The summed E-state index contributed by atoms with van der Waals surface area (Å²) in [6, 6.07) is 0.196. The van der Waals surface area contributed by atoms with Crippen LogP contribution in [0.3, 0.4) is 0 Å². The predicted octanol–water partition coefficient (Wildman–Crippen LogP) is 1.59. The van der Waals surface area contributed by atoms with E-state index in [1.165, 1.54) is 0 Å². The molecule has 1 heterocycles. The fourth-order valence-corrected chi connectivity index (χ4v) is 1.70. The number of ether oxygens (including phenoxy) is 1. The number of imidazole rings is 1. The van der Waals surface area contributed by atoms with Crippen molar-refractivity contribution in [2.75, 3.05) is 20.3 Å². The lowest BCUT2D eigenvalue weighted by Crippen LogP contribution is -2.27. The summed E-state index contributed by atoms with van der Waals surface area (Å²) in [7, 11) is 1.72. The molecule has 1 aromatic heterocycles. The molecule has 0 spiro atoms. The molecule has 1 atom stereocenters. The highest BCUT2D eigenvalue weighted by atomic mass is 16.5. The molecular weight excluding hydrogens is 190 g/mol. The van der Waals surface area contributed by atoms with Crippen molar-refractivity contribution >= 4 is 0 Å². The van der Waals surface area contributed by atoms with E-state index < -0.39 is 0 Å². The van der Waals surface area contributed by atoms with Gasteiger partial charge >= 0.3 is 0 Å². The van der Waals surface area contributed by atoms with E-state index in [0.717, 1.165) is 25.3 Å². The van der Waals surface area contributed by atoms with Crippen molar-refractivity contribution in [3.63, 3.8) is 0 Å². The number of nitrogens with zero attached hydrogens (tertiary/aromatic N) is 2. The van der Waals surface area contributed by atoms with Gasteiger partial charge in [0.2, 0.25) is 0 Å². The zero-order chi connectivity index (χ0) is 11.1. The molecule has 0 radical (unpaired) electrons. The Bertz CT molecular complexity index is 267. The third kappa shape index (κ3) is 3.32. The first-order valence-electron chi connectivity index (χ1n) is 5.56. The van der Waals surface area contributed by atoms with Gasteiger partial charge in [-0.05, 0) is 13.0 Å². The maximum absolute atomic E-state index is 5.20. The van der Waals surface area contributed by atoms with Crippen LogP contribution >= 0.6 is 0 Å². The third-order valence-corrected chi connectivity index (χ3v) is 2.31. The molecule has 0 saturated heterocycles. The second-order valence-electron chi connectivity index (χ2n) is 3.54. The quantitative estimate of drug-likeness (QED) is 0.744. The Kier molecular flexibility index (Phi) is 5.36. The van der Waals surface area contributed by atoms with Gasteiger partial charge < -0.3 is 14.6 Å². The summed E-state index contributed by atoms with van der Waals surface area (Å²) in [5.74, 6) is 1.07. The van der Waals surface area contributed by atoms with E-state index >= 15 is 0 Å². The summed E-state index contributed by atoms with van der Waals surface area (Å²) in [6.07, 6.45) is 5.00. The Morgan fingerprint density at radius 1 is 1.53 bits per heavy atom. The molecule has 4 heteroatoms. The summed E-state index contributed by atoms with van der Waals surface area (Å²) >= 11 is 0. The number of aromatic nitrogens is 2. The highest BCUT2D eigenvalue weighted by Gasteiger charge is 2.15. The Balaban J connectivity index is 2.74. The second kappa shape index (κ2) is 6.58. The molecule has 0 aliphatic heterocycles. The minimum atomic E-state index is 0.196. The summed E-state index contributed by atoms with van der Waals surface area (Å²) in [5, 5.41) is 3.38. The highest BCUT2D eigenvalue weighted by Crippen LogP contribution is 2.11. The van der Waals surface area contributed by atoms with Crippen LogP contribution in [0.15, 0.2) is 12.4 Å². The molecular formula is C11H21N3O. The zero-order valence-electron chi connectivity index (χ0n) is 9.86. The third-order valence-electron chi connectivity index (χ3n) is 2.31. The molecule has 1 aromatic rings.